The number of halogens is 6. The van der Waals surface area contributed by atoms with Crippen molar-refractivity contribution < 1.29 is 50.5 Å². The monoisotopic (exact) mass is 652 g/mol. The van der Waals surface area contributed by atoms with Crippen LogP contribution in [0.15, 0.2) is 60.7 Å². The van der Waals surface area contributed by atoms with Crippen LogP contribution >= 0.6 is 0 Å². The third-order valence-corrected chi connectivity index (χ3v) is 8.31. The van der Waals surface area contributed by atoms with Gasteiger partial charge in [-0.25, -0.2) is 4.79 Å². The van der Waals surface area contributed by atoms with Gasteiger partial charge in [-0.3, -0.25) is 9.69 Å². The number of benzene rings is 3. The molecule has 0 radical (unpaired) electrons. The fourth-order valence-electron chi connectivity index (χ4n) is 5.77. The molecule has 248 valence electrons. The lowest BCUT2D eigenvalue weighted by Crippen LogP contribution is -2.53. The van der Waals surface area contributed by atoms with Gasteiger partial charge in [0.25, 0.3) is 11.5 Å². The first-order valence-corrected chi connectivity index (χ1v) is 14.5. The van der Waals surface area contributed by atoms with Crippen molar-refractivity contribution in [1.29, 1.82) is 0 Å². The second-order valence-electron chi connectivity index (χ2n) is 11.0. The van der Waals surface area contributed by atoms with Gasteiger partial charge in [-0.15, -0.1) is 0 Å². The van der Waals surface area contributed by atoms with Gasteiger partial charge >= 0.3 is 18.4 Å². The van der Waals surface area contributed by atoms with E-state index in [0.717, 1.165) is 17.0 Å². The summed E-state index contributed by atoms with van der Waals surface area (Å²) in [7, 11) is 2.94. The Kier molecular flexibility index (Phi) is 9.67. The van der Waals surface area contributed by atoms with Crippen molar-refractivity contribution in [2.75, 3.05) is 20.8 Å². The number of aliphatic hydroxyl groups is 1. The Morgan fingerprint density at radius 3 is 2.11 bits per heavy atom. The van der Waals surface area contributed by atoms with E-state index in [2.05, 4.69) is 5.32 Å². The first-order chi connectivity index (χ1) is 21.6. The minimum Gasteiger partial charge on any atom is -0.493 e. The van der Waals surface area contributed by atoms with Crippen molar-refractivity contribution in [2.24, 2.45) is 0 Å². The molecule has 1 saturated heterocycles. The maximum atomic E-state index is 13.7. The van der Waals surface area contributed by atoms with Gasteiger partial charge in [0.15, 0.2) is 11.5 Å². The molecule has 1 heterocycles. The van der Waals surface area contributed by atoms with Crippen LogP contribution in [0.25, 0.3) is 11.1 Å². The topological polar surface area (TPSA) is 88.1 Å². The summed E-state index contributed by atoms with van der Waals surface area (Å²) in [5.74, 6) is 0.396. The van der Waals surface area contributed by atoms with E-state index in [1.165, 1.54) is 14.2 Å². The van der Waals surface area contributed by atoms with E-state index in [-0.39, 0.29) is 31.4 Å². The number of urea groups is 1. The number of alkyl halides is 6. The Morgan fingerprint density at radius 2 is 1.52 bits per heavy atom. The quantitative estimate of drug-likeness (QED) is 0.172. The number of rotatable bonds is 11. The number of carbonyl (C=O) groups excluding carboxylic acids is 2. The van der Waals surface area contributed by atoms with E-state index in [4.69, 9.17) is 9.47 Å². The highest BCUT2D eigenvalue weighted by Gasteiger charge is 2.71. The van der Waals surface area contributed by atoms with Crippen LogP contribution in [0.1, 0.15) is 48.9 Å². The van der Waals surface area contributed by atoms with Gasteiger partial charge in [-0.1, -0.05) is 68.8 Å². The predicted molar refractivity (Wildman–Crippen MR) is 157 cm³/mol. The Bertz CT molecular complexity index is 1590. The molecule has 1 atom stereocenters. The van der Waals surface area contributed by atoms with Gasteiger partial charge in [-0.2, -0.15) is 26.3 Å². The summed E-state index contributed by atoms with van der Waals surface area (Å²) in [5.41, 5.74) is -5.38. The summed E-state index contributed by atoms with van der Waals surface area (Å²) in [6.07, 6.45) is -10.9. The molecule has 0 bridgehead atoms. The number of nitrogens with zero attached hydrogens (tertiary/aromatic N) is 1. The van der Waals surface area contributed by atoms with Gasteiger partial charge in [-0.05, 0) is 59.2 Å². The third-order valence-electron chi connectivity index (χ3n) is 8.31. The Hall–Kier alpha value is -4.26. The van der Waals surface area contributed by atoms with Gasteiger partial charge in [0.05, 0.1) is 14.2 Å². The fraction of sp³-hybridized carbons (Fsp3) is 0.394. The lowest BCUT2D eigenvalue weighted by molar-refractivity contribution is -0.376. The van der Waals surface area contributed by atoms with Crippen LogP contribution in [0.5, 0.6) is 11.5 Å². The number of ether oxygens (including phenoxy) is 2. The van der Waals surface area contributed by atoms with Crippen LogP contribution in [-0.4, -0.2) is 55.1 Å². The van der Waals surface area contributed by atoms with Crippen molar-refractivity contribution in [3.8, 4) is 22.6 Å². The third kappa shape index (κ3) is 6.00. The molecule has 1 aliphatic rings. The zero-order valence-corrected chi connectivity index (χ0v) is 25.6. The standard InChI is InChI=1S/C33H34F6N2O5/c1-5-8-21-18-24(31(44,32(34,35)36)33(37,38)39)11-13-25(21)22-10-7-9-20(17-22)15-16-41-28(42)30(6-2,40-29(41)43)23-12-14-26(45-3)27(19-23)46-4/h7,9-14,17-19,44H,5-6,8,15-16H2,1-4H3,(H,40,43). The van der Waals surface area contributed by atoms with Crippen molar-refractivity contribution >= 4 is 11.9 Å². The van der Waals surface area contributed by atoms with Crippen LogP contribution in [0.4, 0.5) is 31.1 Å². The second-order valence-corrected chi connectivity index (χ2v) is 11.0. The summed E-state index contributed by atoms with van der Waals surface area (Å²) in [6.45, 7) is 3.50. The number of hydrogen-bond donors (Lipinski definition) is 2. The molecule has 46 heavy (non-hydrogen) atoms. The average Bonchev–Trinajstić information content (AvgIpc) is 3.27. The number of hydrogen-bond acceptors (Lipinski definition) is 5. The summed E-state index contributed by atoms with van der Waals surface area (Å²) in [4.78, 5) is 27.9. The lowest BCUT2D eigenvalue weighted by atomic mass is 9.86. The molecule has 1 aliphatic heterocycles. The number of imide groups is 1. The molecular weight excluding hydrogens is 618 g/mol. The summed E-state index contributed by atoms with van der Waals surface area (Å²) >= 11 is 0. The van der Waals surface area contributed by atoms with E-state index in [0.29, 0.717) is 46.2 Å². The molecule has 2 N–H and O–H groups in total. The van der Waals surface area contributed by atoms with Crippen molar-refractivity contribution in [3.63, 3.8) is 0 Å². The normalized spacial score (nSPS) is 17.3. The molecule has 1 unspecified atom stereocenters. The molecule has 13 heteroatoms. The molecular formula is C33H34F6N2O5. The smallest absolute Gasteiger partial charge is 0.430 e. The van der Waals surface area contributed by atoms with Crippen molar-refractivity contribution in [2.45, 2.75) is 63.0 Å². The largest absolute Gasteiger partial charge is 0.493 e. The van der Waals surface area contributed by atoms with Gasteiger partial charge in [0.2, 0.25) is 0 Å². The van der Waals surface area contributed by atoms with Gasteiger partial charge < -0.3 is 19.9 Å². The Labute approximate surface area is 262 Å². The zero-order valence-electron chi connectivity index (χ0n) is 25.6. The van der Waals surface area contributed by atoms with Crippen LogP contribution in [0.3, 0.4) is 0 Å². The minimum absolute atomic E-state index is 0.00805. The molecule has 3 aromatic carbocycles. The average molecular weight is 653 g/mol. The summed E-state index contributed by atoms with van der Waals surface area (Å²) in [6, 6.07) is 13.7. The number of amides is 3. The molecule has 1 fully saturated rings. The Morgan fingerprint density at radius 1 is 0.848 bits per heavy atom. The van der Waals surface area contributed by atoms with Crippen LogP contribution in [0, 0.1) is 0 Å². The van der Waals surface area contributed by atoms with E-state index in [9.17, 15) is 41.0 Å². The highest BCUT2D eigenvalue weighted by molar-refractivity contribution is 6.07. The predicted octanol–water partition coefficient (Wildman–Crippen LogP) is 7.04. The van der Waals surface area contributed by atoms with E-state index < -0.39 is 41.0 Å². The fourth-order valence-corrected chi connectivity index (χ4v) is 5.77. The molecule has 0 spiro atoms. The van der Waals surface area contributed by atoms with E-state index >= 15 is 0 Å². The first-order valence-electron chi connectivity index (χ1n) is 14.5. The number of aryl methyl sites for hydroxylation is 1. The Balaban J connectivity index is 1.61. The number of carbonyl (C=O) groups is 2. The molecule has 0 saturated carbocycles. The number of methoxy groups -OCH3 is 2. The maximum absolute atomic E-state index is 13.7. The lowest BCUT2D eigenvalue weighted by Gasteiger charge is -2.33. The van der Waals surface area contributed by atoms with Crippen LogP contribution in [0.2, 0.25) is 0 Å². The molecule has 4 rings (SSSR count). The summed E-state index contributed by atoms with van der Waals surface area (Å²) in [5, 5.41) is 12.7. The van der Waals surface area contributed by atoms with Crippen LogP contribution < -0.4 is 14.8 Å². The molecule has 0 aromatic heterocycles. The maximum Gasteiger partial charge on any atom is 0.430 e. The van der Waals surface area contributed by atoms with Gasteiger partial charge in [0.1, 0.15) is 5.54 Å². The SMILES string of the molecule is CCCc1cc(C(O)(C(F)(F)F)C(F)(F)F)ccc1-c1cccc(CCN2C(=O)NC(CC)(c3ccc(OC)c(OC)c3)C2=O)c1. The highest BCUT2D eigenvalue weighted by atomic mass is 19.4. The minimum atomic E-state index is -6.00. The van der Waals surface area contributed by atoms with E-state index in [1.807, 2.05) is 0 Å². The highest BCUT2D eigenvalue weighted by Crippen LogP contribution is 2.50. The zero-order chi connectivity index (χ0) is 34.1. The number of nitrogens with one attached hydrogen (secondary N) is 1. The molecule has 0 aliphatic carbocycles. The van der Waals surface area contributed by atoms with Gasteiger partial charge in [0, 0.05) is 12.1 Å². The molecule has 7 nitrogen and oxygen atoms in total. The van der Waals surface area contributed by atoms with Crippen molar-refractivity contribution in [1.82, 2.24) is 10.2 Å². The van der Waals surface area contributed by atoms with Crippen LogP contribution in [-0.2, 0) is 28.8 Å². The van der Waals surface area contributed by atoms with E-state index in [1.54, 1.807) is 56.3 Å². The molecule has 3 amide bonds. The summed E-state index contributed by atoms with van der Waals surface area (Å²) < 4.78 is 91.9. The second kappa shape index (κ2) is 12.9. The van der Waals surface area contributed by atoms with Crippen molar-refractivity contribution in [3.05, 3.63) is 82.9 Å². The molecule has 3 aromatic rings. The first kappa shape index (κ1) is 34.6.